The molecule has 0 spiro atoms. The van der Waals surface area contributed by atoms with Crippen LogP contribution in [0.5, 0.6) is 0 Å². The van der Waals surface area contributed by atoms with Crippen LogP contribution in [0.3, 0.4) is 0 Å². The van der Waals surface area contributed by atoms with Gasteiger partial charge in [0.05, 0.1) is 5.69 Å². The summed E-state index contributed by atoms with van der Waals surface area (Å²) in [5.74, 6) is 0. The third-order valence-electron chi connectivity index (χ3n) is 3.05. The van der Waals surface area contributed by atoms with E-state index in [1.165, 1.54) is 24.1 Å². The van der Waals surface area contributed by atoms with E-state index in [1.807, 2.05) is 17.4 Å². The third kappa shape index (κ3) is 2.53. The number of nitrogens with zero attached hydrogens (tertiary/aromatic N) is 2. The van der Waals surface area contributed by atoms with Crippen molar-refractivity contribution >= 4 is 11.3 Å². The first kappa shape index (κ1) is 10.9. The summed E-state index contributed by atoms with van der Waals surface area (Å²) in [5, 5.41) is 3.43. The van der Waals surface area contributed by atoms with Crippen LogP contribution < -0.4 is 5.32 Å². The average Bonchev–Trinajstić information content (AvgIpc) is 2.91. The molecule has 17 heavy (non-hydrogen) atoms. The van der Waals surface area contributed by atoms with Crippen molar-refractivity contribution < 1.29 is 0 Å². The van der Waals surface area contributed by atoms with Crippen molar-refractivity contribution in [3.8, 4) is 0 Å². The molecule has 0 amide bonds. The van der Waals surface area contributed by atoms with Crippen LogP contribution in [0, 0.1) is 0 Å². The standard InChI is InChI=1S/C13H15N3S/c1-2-10-6-12(17-13(10)3-1)8-15-7-11-4-5-14-9-16-11/h4-6,9,15H,1-3,7-8H2. The number of aromatic nitrogens is 2. The Balaban J connectivity index is 1.54. The minimum Gasteiger partial charge on any atom is -0.306 e. The van der Waals surface area contributed by atoms with Gasteiger partial charge in [0.25, 0.3) is 0 Å². The Morgan fingerprint density at radius 3 is 3.12 bits per heavy atom. The predicted octanol–water partition coefficient (Wildman–Crippen LogP) is 2.32. The van der Waals surface area contributed by atoms with Gasteiger partial charge in [0.1, 0.15) is 6.33 Å². The van der Waals surface area contributed by atoms with Gasteiger partial charge in [-0.3, -0.25) is 0 Å². The Hall–Kier alpha value is -1.26. The van der Waals surface area contributed by atoms with Gasteiger partial charge in [0.2, 0.25) is 0 Å². The first-order valence-electron chi connectivity index (χ1n) is 5.98. The van der Waals surface area contributed by atoms with Gasteiger partial charge in [0, 0.05) is 29.0 Å². The van der Waals surface area contributed by atoms with E-state index in [2.05, 4.69) is 21.4 Å². The maximum absolute atomic E-state index is 4.19. The van der Waals surface area contributed by atoms with Gasteiger partial charge >= 0.3 is 0 Å². The highest BCUT2D eigenvalue weighted by Gasteiger charge is 2.14. The first-order chi connectivity index (χ1) is 8.42. The number of rotatable bonds is 4. The molecular weight excluding hydrogens is 230 g/mol. The van der Waals surface area contributed by atoms with E-state index in [0.29, 0.717) is 0 Å². The van der Waals surface area contributed by atoms with Crippen LogP contribution >= 0.6 is 11.3 Å². The molecule has 0 saturated carbocycles. The summed E-state index contributed by atoms with van der Waals surface area (Å²) in [6, 6.07) is 4.31. The van der Waals surface area contributed by atoms with Gasteiger partial charge in [-0.15, -0.1) is 11.3 Å². The van der Waals surface area contributed by atoms with Crippen LogP contribution in [-0.4, -0.2) is 9.97 Å². The summed E-state index contributed by atoms with van der Waals surface area (Å²) in [4.78, 5) is 11.1. The normalized spacial score (nSPS) is 13.9. The molecule has 88 valence electrons. The minimum atomic E-state index is 0.811. The van der Waals surface area contributed by atoms with Crippen molar-refractivity contribution in [1.29, 1.82) is 0 Å². The molecule has 0 unspecified atom stereocenters. The van der Waals surface area contributed by atoms with Crippen LogP contribution in [0.1, 0.15) is 27.4 Å². The average molecular weight is 245 g/mol. The highest BCUT2D eigenvalue weighted by molar-refractivity contribution is 7.12. The van der Waals surface area contributed by atoms with E-state index in [0.717, 1.165) is 18.8 Å². The molecule has 0 radical (unpaired) electrons. The second kappa shape index (κ2) is 4.94. The van der Waals surface area contributed by atoms with Gasteiger partial charge in [-0.1, -0.05) is 0 Å². The van der Waals surface area contributed by atoms with Gasteiger partial charge in [-0.2, -0.15) is 0 Å². The summed E-state index contributed by atoms with van der Waals surface area (Å²) < 4.78 is 0. The number of fused-ring (bicyclic) bond motifs is 1. The lowest BCUT2D eigenvalue weighted by Gasteiger charge is -2.01. The molecule has 0 saturated heterocycles. The monoisotopic (exact) mass is 245 g/mol. The van der Waals surface area contributed by atoms with Gasteiger partial charge in [-0.25, -0.2) is 9.97 Å². The SMILES string of the molecule is c1cc(CNCc2cc3c(s2)CCC3)ncn1. The zero-order valence-corrected chi connectivity index (χ0v) is 10.5. The molecule has 2 heterocycles. The summed E-state index contributed by atoms with van der Waals surface area (Å²) in [6.07, 6.45) is 7.28. The van der Waals surface area contributed by atoms with Crippen LogP contribution in [0.4, 0.5) is 0 Å². The highest BCUT2D eigenvalue weighted by Crippen LogP contribution is 2.30. The lowest BCUT2D eigenvalue weighted by atomic mass is 10.2. The first-order valence-corrected chi connectivity index (χ1v) is 6.79. The zero-order valence-electron chi connectivity index (χ0n) is 9.65. The van der Waals surface area contributed by atoms with Crippen molar-refractivity contribution in [2.75, 3.05) is 0 Å². The van der Waals surface area contributed by atoms with Gasteiger partial charge < -0.3 is 5.32 Å². The van der Waals surface area contributed by atoms with Crippen LogP contribution in [0.25, 0.3) is 0 Å². The quantitative estimate of drug-likeness (QED) is 0.898. The number of hydrogen-bond acceptors (Lipinski definition) is 4. The summed E-state index contributed by atoms with van der Waals surface area (Å²) in [6.45, 7) is 1.76. The number of thiophene rings is 1. The fraction of sp³-hybridized carbons (Fsp3) is 0.385. The summed E-state index contributed by atoms with van der Waals surface area (Å²) >= 11 is 1.96. The Labute approximate surface area is 105 Å². The van der Waals surface area contributed by atoms with Gasteiger partial charge in [0.15, 0.2) is 0 Å². The summed E-state index contributed by atoms with van der Waals surface area (Å²) in [5.41, 5.74) is 2.62. The van der Waals surface area contributed by atoms with Crippen molar-refractivity contribution in [2.45, 2.75) is 32.4 Å². The summed E-state index contributed by atoms with van der Waals surface area (Å²) in [7, 11) is 0. The maximum Gasteiger partial charge on any atom is 0.115 e. The molecule has 1 aliphatic carbocycles. The van der Waals surface area contributed by atoms with E-state index in [4.69, 9.17) is 0 Å². The molecule has 0 atom stereocenters. The van der Waals surface area contributed by atoms with Crippen molar-refractivity contribution in [3.63, 3.8) is 0 Å². The Kier molecular flexibility index (Phi) is 3.16. The second-order valence-electron chi connectivity index (χ2n) is 4.32. The fourth-order valence-corrected chi connectivity index (χ4v) is 3.44. The molecule has 3 rings (SSSR count). The molecule has 2 aromatic heterocycles. The van der Waals surface area contributed by atoms with Crippen molar-refractivity contribution in [2.24, 2.45) is 0 Å². The molecule has 2 aromatic rings. The van der Waals surface area contributed by atoms with Crippen LogP contribution in [0.15, 0.2) is 24.7 Å². The maximum atomic E-state index is 4.19. The molecule has 0 bridgehead atoms. The molecule has 4 heteroatoms. The van der Waals surface area contributed by atoms with E-state index in [-0.39, 0.29) is 0 Å². The highest BCUT2D eigenvalue weighted by atomic mass is 32.1. The number of nitrogens with one attached hydrogen (secondary N) is 1. The molecular formula is C13H15N3S. The van der Waals surface area contributed by atoms with E-state index < -0.39 is 0 Å². The van der Waals surface area contributed by atoms with E-state index >= 15 is 0 Å². The minimum absolute atomic E-state index is 0.811. The Bertz CT molecular complexity index is 471. The predicted molar refractivity (Wildman–Crippen MR) is 68.9 cm³/mol. The lowest BCUT2D eigenvalue weighted by Crippen LogP contribution is -2.12. The largest absolute Gasteiger partial charge is 0.306 e. The molecule has 0 aliphatic heterocycles. The van der Waals surface area contributed by atoms with E-state index in [9.17, 15) is 0 Å². The Morgan fingerprint density at radius 2 is 2.29 bits per heavy atom. The second-order valence-corrected chi connectivity index (χ2v) is 5.54. The number of aryl methyl sites for hydroxylation is 2. The van der Waals surface area contributed by atoms with Crippen LogP contribution in [0.2, 0.25) is 0 Å². The third-order valence-corrected chi connectivity index (χ3v) is 4.28. The molecule has 1 aliphatic rings. The number of hydrogen-bond donors (Lipinski definition) is 1. The molecule has 0 fully saturated rings. The lowest BCUT2D eigenvalue weighted by molar-refractivity contribution is 0.684. The van der Waals surface area contributed by atoms with E-state index in [1.54, 1.807) is 23.0 Å². The smallest absolute Gasteiger partial charge is 0.115 e. The van der Waals surface area contributed by atoms with Gasteiger partial charge in [-0.05, 0) is 37.0 Å². The zero-order chi connectivity index (χ0) is 11.5. The fourth-order valence-electron chi connectivity index (χ4n) is 2.21. The van der Waals surface area contributed by atoms with Crippen molar-refractivity contribution in [3.05, 3.63) is 45.7 Å². The van der Waals surface area contributed by atoms with Crippen molar-refractivity contribution in [1.82, 2.24) is 15.3 Å². The van der Waals surface area contributed by atoms with Crippen LogP contribution in [-0.2, 0) is 25.9 Å². The Morgan fingerprint density at radius 1 is 1.29 bits per heavy atom. The topological polar surface area (TPSA) is 37.8 Å². The molecule has 1 N–H and O–H groups in total. The molecule has 0 aromatic carbocycles. The molecule has 3 nitrogen and oxygen atoms in total.